The number of hydrogen-bond acceptors (Lipinski definition) is 4. The third kappa shape index (κ3) is 4.19. The van der Waals surface area contributed by atoms with Crippen LogP contribution in [0.25, 0.3) is 11.1 Å². The first kappa shape index (κ1) is 25.2. The Bertz CT molecular complexity index is 1520. The molecule has 0 aromatic heterocycles. The SMILES string of the molecule is CCCCN(CCCC)c1ccc2c(c1)Oc1cc(C)c(-c3ccccc3)cc1C21OC(=O)c2ccccc21. The fourth-order valence-electron chi connectivity index (χ4n) is 6.00. The van der Waals surface area contributed by atoms with Crippen LogP contribution in [0.5, 0.6) is 11.5 Å². The van der Waals surface area contributed by atoms with Crippen molar-refractivity contribution in [3.05, 3.63) is 113 Å². The molecule has 1 unspecified atom stereocenters. The molecule has 2 aliphatic rings. The molecule has 39 heavy (non-hydrogen) atoms. The number of anilines is 1. The summed E-state index contributed by atoms with van der Waals surface area (Å²) in [6, 6.07) is 28.8. The van der Waals surface area contributed by atoms with Crippen molar-refractivity contribution in [2.45, 2.75) is 52.1 Å². The molecule has 0 amide bonds. The van der Waals surface area contributed by atoms with Gasteiger partial charge in [0.2, 0.25) is 0 Å². The second-order valence-corrected chi connectivity index (χ2v) is 10.6. The lowest BCUT2D eigenvalue weighted by atomic mass is 9.76. The van der Waals surface area contributed by atoms with Crippen LogP contribution in [0, 0.1) is 6.92 Å². The fraction of sp³-hybridized carbons (Fsp3) is 0.286. The lowest BCUT2D eigenvalue weighted by Gasteiger charge is -2.38. The molecule has 4 aromatic rings. The van der Waals surface area contributed by atoms with Gasteiger partial charge in [-0.1, -0.05) is 75.2 Å². The van der Waals surface area contributed by atoms with E-state index in [4.69, 9.17) is 9.47 Å². The van der Waals surface area contributed by atoms with Crippen molar-refractivity contribution in [2.75, 3.05) is 18.0 Å². The average Bonchev–Trinajstić information content (AvgIpc) is 3.26. The Morgan fingerprint density at radius 3 is 2.15 bits per heavy atom. The van der Waals surface area contributed by atoms with Crippen LogP contribution in [-0.2, 0) is 10.3 Å². The molecule has 2 heterocycles. The molecule has 4 nitrogen and oxygen atoms in total. The number of benzene rings is 4. The predicted octanol–water partition coefficient (Wildman–Crippen LogP) is 8.64. The van der Waals surface area contributed by atoms with Gasteiger partial charge in [-0.3, -0.25) is 0 Å². The Labute approximate surface area is 231 Å². The molecule has 0 N–H and O–H groups in total. The predicted molar refractivity (Wildman–Crippen MR) is 157 cm³/mol. The molecule has 0 saturated heterocycles. The van der Waals surface area contributed by atoms with Gasteiger partial charge in [-0.2, -0.15) is 0 Å². The Kier molecular flexibility index (Phi) is 6.64. The first-order valence-electron chi connectivity index (χ1n) is 14.2. The molecular formula is C35H35NO3. The Hall–Kier alpha value is -4.05. The number of fused-ring (bicyclic) bond motifs is 6. The summed E-state index contributed by atoms with van der Waals surface area (Å²) in [7, 11) is 0. The minimum absolute atomic E-state index is 0.303. The second-order valence-electron chi connectivity index (χ2n) is 10.6. The summed E-state index contributed by atoms with van der Waals surface area (Å²) < 4.78 is 13.1. The van der Waals surface area contributed by atoms with E-state index in [0.717, 1.165) is 89.3 Å². The third-order valence-corrected chi connectivity index (χ3v) is 8.06. The van der Waals surface area contributed by atoms with Gasteiger partial charge in [-0.05, 0) is 66.8 Å². The summed E-state index contributed by atoms with van der Waals surface area (Å²) >= 11 is 0. The molecule has 1 spiro atoms. The molecule has 4 heteroatoms. The fourth-order valence-corrected chi connectivity index (χ4v) is 6.00. The summed E-state index contributed by atoms with van der Waals surface area (Å²) in [5.41, 5.74) is 6.61. The van der Waals surface area contributed by atoms with Gasteiger partial charge < -0.3 is 14.4 Å². The number of esters is 1. The average molecular weight is 518 g/mol. The molecule has 2 aliphatic heterocycles. The van der Waals surface area contributed by atoms with E-state index >= 15 is 0 Å². The molecule has 0 saturated carbocycles. The number of unbranched alkanes of at least 4 members (excludes halogenated alkanes) is 2. The van der Waals surface area contributed by atoms with Gasteiger partial charge in [0.25, 0.3) is 0 Å². The van der Waals surface area contributed by atoms with E-state index in [1.165, 1.54) is 0 Å². The Balaban J connectivity index is 1.56. The quantitative estimate of drug-likeness (QED) is 0.219. The van der Waals surface area contributed by atoms with Gasteiger partial charge in [0.15, 0.2) is 5.60 Å². The van der Waals surface area contributed by atoms with Crippen molar-refractivity contribution in [2.24, 2.45) is 0 Å². The zero-order valence-corrected chi connectivity index (χ0v) is 23.0. The van der Waals surface area contributed by atoms with Crippen LogP contribution in [0.15, 0.2) is 84.9 Å². The summed E-state index contributed by atoms with van der Waals surface area (Å²) in [5.74, 6) is 1.17. The van der Waals surface area contributed by atoms with Gasteiger partial charge in [0, 0.05) is 41.5 Å². The molecular weight excluding hydrogens is 482 g/mol. The highest BCUT2D eigenvalue weighted by atomic mass is 16.6. The first-order valence-corrected chi connectivity index (χ1v) is 14.2. The summed E-state index contributed by atoms with van der Waals surface area (Å²) in [5, 5.41) is 0. The van der Waals surface area contributed by atoms with Crippen LogP contribution in [0.4, 0.5) is 5.69 Å². The highest BCUT2D eigenvalue weighted by molar-refractivity contribution is 5.97. The summed E-state index contributed by atoms with van der Waals surface area (Å²) in [4.78, 5) is 15.8. The van der Waals surface area contributed by atoms with E-state index < -0.39 is 5.60 Å². The van der Waals surface area contributed by atoms with E-state index in [1.807, 2.05) is 42.5 Å². The van der Waals surface area contributed by atoms with Crippen LogP contribution in [0.3, 0.4) is 0 Å². The maximum Gasteiger partial charge on any atom is 0.340 e. The van der Waals surface area contributed by atoms with Crippen molar-refractivity contribution >= 4 is 11.7 Å². The molecule has 198 valence electrons. The zero-order chi connectivity index (χ0) is 27.0. The zero-order valence-electron chi connectivity index (χ0n) is 23.0. The third-order valence-electron chi connectivity index (χ3n) is 8.06. The van der Waals surface area contributed by atoms with Crippen LogP contribution < -0.4 is 9.64 Å². The smallest absolute Gasteiger partial charge is 0.340 e. The number of carbonyl (C=O) groups excluding carboxylic acids is 1. The Morgan fingerprint density at radius 2 is 1.41 bits per heavy atom. The number of aryl methyl sites for hydroxylation is 1. The van der Waals surface area contributed by atoms with Gasteiger partial charge >= 0.3 is 5.97 Å². The largest absolute Gasteiger partial charge is 0.456 e. The van der Waals surface area contributed by atoms with Crippen molar-refractivity contribution in [1.29, 1.82) is 0 Å². The first-order chi connectivity index (χ1) is 19.1. The number of ether oxygens (including phenoxy) is 2. The van der Waals surface area contributed by atoms with Crippen molar-refractivity contribution in [3.8, 4) is 22.6 Å². The highest BCUT2D eigenvalue weighted by Crippen LogP contribution is 2.57. The minimum atomic E-state index is -1.07. The van der Waals surface area contributed by atoms with E-state index in [-0.39, 0.29) is 5.97 Å². The standard InChI is InChI=1S/C35H35NO3/c1-4-6-19-36(20-7-5-2)26-17-18-30-33(22-26)38-32-21-24(3)28(25-13-9-8-10-14-25)23-31(32)35(30)29-16-12-11-15-27(29)34(37)39-35/h8-18,21-23H,4-7,19-20H2,1-3H3. The molecule has 4 aromatic carbocycles. The maximum atomic E-state index is 13.3. The van der Waals surface area contributed by atoms with Gasteiger partial charge in [0.05, 0.1) is 5.56 Å². The number of hydrogen-bond donors (Lipinski definition) is 0. The van der Waals surface area contributed by atoms with Crippen molar-refractivity contribution < 1.29 is 14.3 Å². The van der Waals surface area contributed by atoms with Crippen molar-refractivity contribution in [1.82, 2.24) is 0 Å². The minimum Gasteiger partial charge on any atom is -0.456 e. The molecule has 0 aliphatic carbocycles. The van der Waals surface area contributed by atoms with E-state index in [1.54, 1.807) is 0 Å². The molecule has 0 fully saturated rings. The van der Waals surface area contributed by atoms with Crippen LogP contribution >= 0.6 is 0 Å². The molecule has 6 rings (SSSR count). The van der Waals surface area contributed by atoms with Gasteiger partial charge in [0.1, 0.15) is 11.5 Å². The Morgan fingerprint density at radius 1 is 0.718 bits per heavy atom. The van der Waals surface area contributed by atoms with Crippen LogP contribution in [0.2, 0.25) is 0 Å². The number of carbonyl (C=O) groups is 1. The topological polar surface area (TPSA) is 38.8 Å². The maximum absolute atomic E-state index is 13.3. The molecule has 0 radical (unpaired) electrons. The normalized spacial score (nSPS) is 16.7. The number of rotatable bonds is 8. The van der Waals surface area contributed by atoms with Gasteiger partial charge in [-0.15, -0.1) is 0 Å². The molecule has 0 bridgehead atoms. The van der Waals surface area contributed by atoms with Crippen molar-refractivity contribution in [3.63, 3.8) is 0 Å². The highest BCUT2D eigenvalue weighted by Gasteiger charge is 2.53. The van der Waals surface area contributed by atoms with Gasteiger partial charge in [-0.25, -0.2) is 4.79 Å². The monoisotopic (exact) mass is 517 g/mol. The lowest BCUT2D eigenvalue weighted by molar-refractivity contribution is 0.0224. The van der Waals surface area contributed by atoms with Crippen LogP contribution in [0.1, 0.15) is 72.1 Å². The van der Waals surface area contributed by atoms with E-state index in [0.29, 0.717) is 5.56 Å². The molecule has 1 atom stereocenters. The van der Waals surface area contributed by atoms with E-state index in [2.05, 4.69) is 68.1 Å². The summed E-state index contributed by atoms with van der Waals surface area (Å²) in [6.07, 6.45) is 4.58. The van der Waals surface area contributed by atoms with Crippen LogP contribution in [-0.4, -0.2) is 19.1 Å². The van der Waals surface area contributed by atoms with E-state index in [9.17, 15) is 4.79 Å². The summed E-state index contributed by atoms with van der Waals surface area (Å²) in [6.45, 7) is 8.58. The lowest BCUT2D eigenvalue weighted by Crippen LogP contribution is -2.33. The number of nitrogens with zero attached hydrogens (tertiary/aromatic N) is 1. The second kappa shape index (κ2) is 10.3.